The van der Waals surface area contributed by atoms with Crippen molar-refractivity contribution in [2.75, 3.05) is 31.6 Å². The van der Waals surface area contributed by atoms with Gasteiger partial charge in [0.15, 0.2) is 6.10 Å². The number of fused-ring (bicyclic) bond motifs is 1. The highest BCUT2D eigenvalue weighted by atomic mass is 16.5. The molecule has 3 N–H and O–H groups in total. The van der Waals surface area contributed by atoms with Gasteiger partial charge in [-0.05, 0) is 18.6 Å². The van der Waals surface area contributed by atoms with Crippen LogP contribution < -0.4 is 25.6 Å². The Morgan fingerprint density at radius 1 is 1.28 bits per heavy atom. The molecule has 1 aliphatic heterocycles. The minimum Gasteiger partial charge on any atom is -0.477 e. The van der Waals surface area contributed by atoms with Crippen molar-refractivity contribution in [1.29, 1.82) is 0 Å². The number of amides is 4. The molecule has 25 heavy (non-hydrogen) atoms. The SMILES string of the molecule is CCCCNC(=O)NC(=O)CN1C[C@@H](C(=O)NC)Oc2ccccc21. The van der Waals surface area contributed by atoms with Gasteiger partial charge in [-0.1, -0.05) is 25.5 Å². The van der Waals surface area contributed by atoms with Crippen LogP contribution in [0.3, 0.4) is 0 Å². The standard InChI is InChI=1S/C17H24N4O4/c1-3-4-9-19-17(24)20-15(22)11-21-10-14(16(23)18-2)25-13-8-6-5-7-12(13)21/h5-8,14H,3-4,9-11H2,1-2H3,(H,18,23)(H2,19,20,22,24)/t14-/m0/s1. The predicted molar refractivity (Wildman–Crippen MR) is 93.6 cm³/mol. The van der Waals surface area contributed by atoms with Crippen molar-refractivity contribution in [2.45, 2.75) is 25.9 Å². The number of likely N-dealkylation sites (N-methyl/N-ethyl adjacent to an activating group) is 1. The Balaban J connectivity index is 2.00. The summed E-state index contributed by atoms with van der Waals surface area (Å²) in [6, 6.07) is 6.66. The van der Waals surface area contributed by atoms with Crippen LogP contribution in [-0.4, -0.2) is 50.6 Å². The highest BCUT2D eigenvalue weighted by Crippen LogP contribution is 2.32. The van der Waals surface area contributed by atoms with Crippen molar-refractivity contribution in [3.8, 4) is 5.75 Å². The second-order valence-corrected chi connectivity index (χ2v) is 5.73. The molecular weight excluding hydrogens is 324 g/mol. The van der Waals surface area contributed by atoms with Crippen LogP contribution in [0.2, 0.25) is 0 Å². The fourth-order valence-electron chi connectivity index (χ4n) is 2.52. The molecular formula is C17H24N4O4. The van der Waals surface area contributed by atoms with Gasteiger partial charge in [0.25, 0.3) is 5.91 Å². The summed E-state index contributed by atoms with van der Waals surface area (Å²) in [5.41, 5.74) is 0.712. The molecule has 0 fully saturated rings. The number of unbranched alkanes of at least 4 members (excludes halogenated alkanes) is 1. The van der Waals surface area contributed by atoms with E-state index >= 15 is 0 Å². The van der Waals surface area contributed by atoms with E-state index in [0.29, 0.717) is 18.0 Å². The van der Waals surface area contributed by atoms with Crippen molar-refractivity contribution in [2.24, 2.45) is 0 Å². The first kappa shape index (κ1) is 18.6. The molecule has 0 aliphatic carbocycles. The summed E-state index contributed by atoms with van der Waals surface area (Å²) >= 11 is 0. The van der Waals surface area contributed by atoms with E-state index in [1.807, 2.05) is 19.1 Å². The van der Waals surface area contributed by atoms with Crippen LogP contribution in [0.15, 0.2) is 24.3 Å². The number of hydrogen-bond donors (Lipinski definition) is 3. The van der Waals surface area contributed by atoms with Gasteiger partial charge in [0, 0.05) is 13.6 Å². The Morgan fingerprint density at radius 3 is 2.76 bits per heavy atom. The second-order valence-electron chi connectivity index (χ2n) is 5.73. The molecule has 1 heterocycles. The number of para-hydroxylation sites is 2. The number of imide groups is 1. The number of benzene rings is 1. The normalized spacial score (nSPS) is 15.6. The summed E-state index contributed by atoms with van der Waals surface area (Å²) in [5.74, 6) is -0.180. The number of carbonyl (C=O) groups is 3. The van der Waals surface area contributed by atoms with E-state index in [-0.39, 0.29) is 19.0 Å². The molecule has 1 aliphatic rings. The third-order valence-corrected chi connectivity index (χ3v) is 3.80. The summed E-state index contributed by atoms with van der Waals surface area (Å²) in [6.07, 6.45) is 1.09. The van der Waals surface area contributed by atoms with Crippen LogP contribution >= 0.6 is 0 Å². The van der Waals surface area contributed by atoms with Gasteiger partial charge in [-0.15, -0.1) is 0 Å². The first-order valence-electron chi connectivity index (χ1n) is 8.35. The van der Waals surface area contributed by atoms with Crippen molar-refractivity contribution in [3.05, 3.63) is 24.3 Å². The van der Waals surface area contributed by atoms with Gasteiger partial charge in [0.2, 0.25) is 5.91 Å². The number of rotatable bonds is 6. The van der Waals surface area contributed by atoms with Gasteiger partial charge < -0.3 is 20.3 Å². The highest BCUT2D eigenvalue weighted by Gasteiger charge is 2.31. The number of hydrogen-bond acceptors (Lipinski definition) is 5. The zero-order chi connectivity index (χ0) is 18.2. The number of anilines is 1. The van der Waals surface area contributed by atoms with Crippen LogP contribution in [0.5, 0.6) is 5.75 Å². The molecule has 0 saturated carbocycles. The molecule has 8 heteroatoms. The zero-order valence-electron chi connectivity index (χ0n) is 14.5. The molecule has 8 nitrogen and oxygen atoms in total. The molecule has 0 unspecified atom stereocenters. The van der Waals surface area contributed by atoms with Gasteiger partial charge in [0.05, 0.1) is 18.8 Å². The van der Waals surface area contributed by atoms with E-state index in [0.717, 1.165) is 12.8 Å². The fraction of sp³-hybridized carbons (Fsp3) is 0.471. The second kappa shape index (κ2) is 8.91. The summed E-state index contributed by atoms with van der Waals surface area (Å²) in [5, 5.41) is 7.48. The number of nitrogens with one attached hydrogen (secondary N) is 3. The first-order chi connectivity index (χ1) is 12.0. The average molecular weight is 348 g/mol. The summed E-state index contributed by atoms with van der Waals surface area (Å²) in [4.78, 5) is 37.5. The minimum absolute atomic E-state index is 0.0466. The van der Waals surface area contributed by atoms with Crippen molar-refractivity contribution in [3.63, 3.8) is 0 Å². The van der Waals surface area contributed by atoms with Crippen LogP contribution in [-0.2, 0) is 9.59 Å². The first-order valence-corrected chi connectivity index (χ1v) is 8.35. The van der Waals surface area contributed by atoms with Gasteiger partial charge in [-0.2, -0.15) is 0 Å². The monoisotopic (exact) mass is 348 g/mol. The number of carbonyl (C=O) groups excluding carboxylic acids is 3. The molecule has 0 bridgehead atoms. The number of nitrogens with zero attached hydrogens (tertiary/aromatic N) is 1. The molecule has 1 atom stereocenters. The van der Waals surface area contributed by atoms with Gasteiger partial charge in [-0.25, -0.2) is 4.79 Å². The van der Waals surface area contributed by atoms with Crippen molar-refractivity contribution >= 4 is 23.5 Å². The molecule has 1 aromatic carbocycles. The lowest BCUT2D eigenvalue weighted by atomic mass is 10.1. The van der Waals surface area contributed by atoms with Crippen LogP contribution in [0.4, 0.5) is 10.5 Å². The Hall–Kier alpha value is -2.77. The lowest BCUT2D eigenvalue weighted by Crippen LogP contribution is -2.51. The fourth-order valence-corrected chi connectivity index (χ4v) is 2.52. The van der Waals surface area contributed by atoms with E-state index in [2.05, 4.69) is 16.0 Å². The molecule has 0 radical (unpaired) electrons. The Bertz CT molecular complexity index is 635. The van der Waals surface area contributed by atoms with Crippen molar-refractivity contribution in [1.82, 2.24) is 16.0 Å². The molecule has 1 aromatic rings. The molecule has 136 valence electrons. The predicted octanol–water partition coefficient (Wildman–Crippen LogP) is 0.626. The van der Waals surface area contributed by atoms with E-state index in [1.165, 1.54) is 7.05 Å². The maximum Gasteiger partial charge on any atom is 0.321 e. The third-order valence-electron chi connectivity index (χ3n) is 3.80. The number of ether oxygens (including phenoxy) is 1. The van der Waals surface area contributed by atoms with Crippen LogP contribution in [0.25, 0.3) is 0 Å². The maximum atomic E-state index is 12.2. The maximum absolute atomic E-state index is 12.2. The minimum atomic E-state index is -0.717. The largest absolute Gasteiger partial charge is 0.477 e. The van der Waals surface area contributed by atoms with Crippen LogP contribution in [0.1, 0.15) is 19.8 Å². The quantitative estimate of drug-likeness (QED) is 0.655. The Labute approximate surface area is 146 Å². The molecule has 0 spiro atoms. The molecule has 0 aromatic heterocycles. The summed E-state index contributed by atoms with van der Waals surface area (Å²) in [7, 11) is 1.53. The molecule has 0 saturated heterocycles. The smallest absolute Gasteiger partial charge is 0.321 e. The van der Waals surface area contributed by atoms with Gasteiger partial charge in [0.1, 0.15) is 5.75 Å². The lowest BCUT2D eigenvalue weighted by molar-refractivity contribution is -0.127. The average Bonchev–Trinajstić information content (AvgIpc) is 2.61. The summed E-state index contributed by atoms with van der Waals surface area (Å²) in [6.45, 7) is 2.72. The van der Waals surface area contributed by atoms with Gasteiger partial charge >= 0.3 is 6.03 Å². The summed E-state index contributed by atoms with van der Waals surface area (Å²) < 4.78 is 5.68. The molecule has 4 amide bonds. The Morgan fingerprint density at radius 2 is 2.04 bits per heavy atom. The topological polar surface area (TPSA) is 99.8 Å². The molecule has 2 rings (SSSR count). The van der Waals surface area contributed by atoms with Crippen molar-refractivity contribution < 1.29 is 19.1 Å². The Kier molecular flexibility index (Phi) is 6.62. The van der Waals surface area contributed by atoms with Gasteiger partial charge in [-0.3, -0.25) is 14.9 Å². The highest BCUT2D eigenvalue weighted by molar-refractivity contribution is 5.96. The number of urea groups is 1. The van der Waals surface area contributed by atoms with E-state index in [9.17, 15) is 14.4 Å². The van der Waals surface area contributed by atoms with E-state index in [4.69, 9.17) is 4.74 Å². The van der Waals surface area contributed by atoms with Crippen LogP contribution in [0, 0.1) is 0 Å². The van der Waals surface area contributed by atoms with E-state index in [1.54, 1.807) is 17.0 Å². The third kappa shape index (κ3) is 5.10. The lowest BCUT2D eigenvalue weighted by Gasteiger charge is -2.34. The van der Waals surface area contributed by atoms with E-state index < -0.39 is 18.0 Å². The zero-order valence-corrected chi connectivity index (χ0v) is 14.5.